The number of fused-ring (bicyclic) bond motifs is 1. The highest BCUT2D eigenvalue weighted by Crippen LogP contribution is 2.26. The van der Waals surface area contributed by atoms with Crippen LogP contribution in [0.15, 0.2) is 29.1 Å². The molecule has 0 fully saturated rings. The summed E-state index contributed by atoms with van der Waals surface area (Å²) < 4.78 is 0. The molecule has 8 heteroatoms. The number of pyridine rings is 1. The maximum atomic E-state index is 11.8. The Morgan fingerprint density at radius 3 is 2.46 bits per heavy atom. The van der Waals surface area contributed by atoms with Crippen molar-refractivity contribution in [1.29, 1.82) is 0 Å². The molecule has 8 nitrogen and oxygen atoms in total. The number of aliphatic hydroxyl groups excluding tert-OH is 4. The summed E-state index contributed by atoms with van der Waals surface area (Å²) in [5.74, 6) is -2.24. The van der Waals surface area contributed by atoms with Gasteiger partial charge in [-0.15, -0.1) is 0 Å². The highest BCUT2D eigenvalue weighted by Gasteiger charge is 2.35. The van der Waals surface area contributed by atoms with E-state index in [1.165, 1.54) is 12.1 Å². The van der Waals surface area contributed by atoms with Gasteiger partial charge < -0.3 is 31.1 Å². The van der Waals surface area contributed by atoms with E-state index in [1.807, 2.05) is 0 Å². The van der Waals surface area contributed by atoms with Crippen molar-refractivity contribution in [3.63, 3.8) is 0 Å². The first kappa shape index (κ1) is 18.1. The van der Waals surface area contributed by atoms with Crippen LogP contribution < -0.4 is 11.3 Å². The largest absolute Gasteiger partial charge is 0.394 e. The number of aromatic amines is 1. The lowest BCUT2D eigenvalue weighted by molar-refractivity contribution is -0.128. The number of aliphatic hydroxyl groups is 4. The van der Waals surface area contributed by atoms with Crippen LogP contribution in [-0.2, 0) is 4.79 Å². The van der Waals surface area contributed by atoms with Crippen molar-refractivity contribution in [2.45, 2.75) is 31.2 Å². The summed E-state index contributed by atoms with van der Waals surface area (Å²) >= 11 is 0. The van der Waals surface area contributed by atoms with Crippen molar-refractivity contribution < 1.29 is 25.2 Å². The highest BCUT2D eigenvalue weighted by molar-refractivity contribution is 5.87. The van der Waals surface area contributed by atoms with Crippen LogP contribution in [0.4, 0.5) is 0 Å². The molecule has 7 N–H and O–H groups in total. The number of carbonyl (C=O) groups is 1. The molecule has 0 spiro atoms. The Hall–Kier alpha value is -2.26. The average Bonchev–Trinajstić information content (AvgIpc) is 2.52. The topological polar surface area (TPSA) is 157 Å². The summed E-state index contributed by atoms with van der Waals surface area (Å²) in [6, 6.07) is 6.13. The standard InChI is InChI=1S/C16H20N2O6/c1-7-4-12(21)18-10-5-8(2-3-9(7)10)13(16(17)24)15(23)14(22)11(20)6-19/h2-5,11,13-15,19-20,22-23H,6H2,1H3,(H2,17,24)(H,18,21)/t11-,13-,14-,15-/m1/s1. The van der Waals surface area contributed by atoms with Crippen LogP contribution in [-0.4, -0.2) is 56.2 Å². The second-order valence-electron chi connectivity index (χ2n) is 5.73. The minimum Gasteiger partial charge on any atom is -0.394 e. The van der Waals surface area contributed by atoms with Gasteiger partial charge in [-0.1, -0.05) is 12.1 Å². The van der Waals surface area contributed by atoms with Gasteiger partial charge in [0.25, 0.3) is 0 Å². The Balaban J connectivity index is 2.50. The molecule has 130 valence electrons. The monoisotopic (exact) mass is 336 g/mol. The lowest BCUT2D eigenvalue weighted by Crippen LogP contribution is -2.46. The minimum absolute atomic E-state index is 0.271. The number of benzene rings is 1. The van der Waals surface area contributed by atoms with Crippen LogP contribution in [0.1, 0.15) is 17.0 Å². The molecule has 1 aromatic heterocycles. The fourth-order valence-electron chi connectivity index (χ4n) is 2.71. The van der Waals surface area contributed by atoms with E-state index < -0.39 is 36.7 Å². The van der Waals surface area contributed by atoms with Crippen molar-refractivity contribution in [3.8, 4) is 0 Å². The number of primary amides is 1. The van der Waals surface area contributed by atoms with E-state index in [-0.39, 0.29) is 11.1 Å². The van der Waals surface area contributed by atoms with Crippen LogP contribution in [0, 0.1) is 6.92 Å². The summed E-state index contributed by atoms with van der Waals surface area (Å²) in [5.41, 5.74) is 6.48. The van der Waals surface area contributed by atoms with Gasteiger partial charge >= 0.3 is 0 Å². The summed E-state index contributed by atoms with van der Waals surface area (Å²) in [6.45, 7) is 0.979. The van der Waals surface area contributed by atoms with Gasteiger partial charge in [0.1, 0.15) is 12.2 Å². The Morgan fingerprint density at radius 1 is 1.21 bits per heavy atom. The molecule has 1 aromatic carbocycles. The smallest absolute Gasteiger partial charge is 0.248 e. The molecule has 0 aliphatic carbocycles. The Kier molecular flexibility index (Phi) is 5.35. The van der Waals surface area contributed by atoms with Gasteiger partial charge in [0.05, 0.1) is 18.6 Å². The third-order valence-electron chi connectivity index (χ3n) is 4.01. The molecule has 0 saturated carbocycles. The molecular weight excluding hydrogens is 316 g/mol. The fraction of sp³-hybridized carbons (Fsp3) is 0.375. The predicted octanol–water partition coefficient (Wildman–Crippen LogP) is -1.52. The van der Waals surface area contributed by atoms with Crippen molar-refractivity contribution in [3.05, 3.63) is 45.7 Å². The van der Waals surface area contributed by atoms with Crippen LogP contribution in [0.25, 0.3) is 10.9 Å². The summed E-state index contributed by atoms with van der Waals surface area (Å²) in [5, 5.41) is 39.1. The summed E-state index contributed by atoms with van der Waals surface area (Å²) in [4.78, 5) is 26.0. The minimum atomic E-state index is -1.76. The molecule has 1 amide bonds. The van der Waals surface area contributed by atoms with Crippen molar-refractivity contribution in [2.75, 3.05) is 6.61 Å². The number of aryl methyl sites for hydroxylation is 1. The number of nitrogens with one attached hydrogen (secondary N) is 1. The number of nitrogens with two attached hydrogens (primary N) is 1. The zero-order valence-electron chi connectivity index (χ0n) is 13.0. The Labute approximate surface area is 137 Å². The number of carbonyl (C=O) groups excluding carboxylic acids is 1. The molecule has 0 aliphatic rings. The number of rotatable bonds is 6. The average molecular weight is 336 g/mol. The Bertz CT molecular complexity index is 803. The summed E-state index contributed by atoms with van der Waals surface area (Å²) in [6.07, 6.45) is -5.11. The maximum Gasteiger partial charge on any atom is 0.248 e. The van der Waals surface area contributed by atoms with E-state index >= 15 is 0 Å². The van der Waals surface area contributed by atoms with Crippen LogP contribution in [0.3, 0.4) is 0 Å². The molecule has 0 bridgehead atoms. The first-order chi connectivity index (χ1) is 11.3. The van der Waals surface area contributed by atoms with Gasteiger partial charge in [-0.05, 0) is 24.1 Å². The molecule has 0 unspecified atom stereocenters. The number of H-pyrrole nitrogens is 1. The number of amides is 1. The van der Waals surface area contributed by atoms with E-state index in [0.29, 0.717) is 5.52 Å². The molecule has 0 radical (unpaired) electrons. The lowest BCUT2D eigenvalue weighted by Gasteiger charge is -2.27. The van der Waals surface area contributed by atoms with E-state index in [4.69, 9.17) is 10.8 Å². The van der Waals surface area contributed by atoms with E-state index in [9.17, 15) is 24.9 Å². The fourth-order valence-corrected chi connectivity index (χ4v) is 2.71. The highest BCUT2D eigenvalue weighted by atomic mass is 16.4. The molecule has 24 heavy (non-hydrogen) atoms. The number of hydrogen-bond acceptors (Lipinski definition) is 6. The summed E-state index contributed by atoms with van der Waals surface area (Å²) in [7, 11) is 0. The first-order valence-electron chi connectivity index (χ1n) is 7.34. The zero-order chi connectivity index (χ0) is 18.0. The van der Waals surface area contributed by atoms with Gasteiger partial charge in [-0.2, -0.15) is 0 Å². The van der Waals surface area contributed by atoms with E-state index in [0.717, 1.165) is 10.9 Å². The third kappa shape index (κ3) is 3.46. The molecule has 1 heterocycles. The van der Waals surface area contributed by atoms with Gasteiger partial charge in [0.15, 0.2) is 0 Å². The van der Waals surface area contributed by atoms with Gasteiger partial charge in [0, 0.05) is 17.0 Å². The van der Waals surface area contributed by atoms with E-state index in [2.05, 4.69) is 4.98 Å². The van der Waals surface area contributed by atoms with Crippen LogP contribution >= 0.6 is 0 Å². The second-order valence-corrected chi connectivity index (χ2v) is 5.73. The predicted molar refractivity (Wildman–Crippen MR) is 86.3 cm³/mol. The zero-order valence-corrected chi connectivity index (χ0v) is 13.0. The normalized spacial score (nSPS) is 16.5. The third-order valence-corrected chi connectivity index (χ3v) is 4.01. The molecule has 2 rings (SSSR count). The van der Waals surface area contributed by atoms with E-state index in [1.54, 1.807) is 19.1 Å². The molecule has 0 aliphatic heterocycles. The molecule has 2 aromatic rings. The van der Waals surface area contributed by atoms with Crippen molar-refractivity contribution >= 4 is 16.8 Å². The quantitative estimate of drug-likeness (QED) is 0.376. The number of hydrogen-bond donors (Lipinski definition) is 6. The maximum absolute atomic E-state index is 11.8. The number of aromatic nitrogens is 1. The molecular formula is C16H20N2O6. The second kappa shape index (κ2) is 7.10. The van der Waals surface area contributed by atoms with Crippen molar-refractivity contribution in [2.24, 2.45) is 5.73 Å². The van der Waals surface area contributed by atoms with Gasteiger partial charge in [-0.25, -0.2) is 0 Å². The van der Waals surface area contributed by atoms with Crippen molar-refractivity contribution in [1.82, 2.24) is 4.98 Å². The lowest BCUT2D eigenvalue weighted by atomic mass is 9.87. The SMILES string of the molecule is Cc1cc(=O)[nH]c2cc([C@@H](C(N)=O)[C@@H](O)[C@H](O)[C@H](O)CO)ccc12. The Morgan fingerprint density at radius 2 is 1.88 bits per heavy atom. The van der Waals surface area contributed by atoms with Gasteiger partial charge in [0.2, 0.25) is 11.5 Å². The van der Waals surface area contributed by atoms with Crippen LogP contribution in [0.2, 0.25) is 0 Å². The molecule has 0 saturated heterocycles. The molecule has 4 atom stereocenters. The first-order valence-corrected chi connectivity index (χ1v) is 7.34. The van der Waals surface area contributed by atoms with Gasteiger partial charge in [-0.3, -0.25) is 9.59 Å². The van der Waals surface area contributed by atoms with Crippen LogP contribution in [0.5, 0.6) is 0 Å².